The predicted octanol–water partition coefficient (Wildman–Crippen LogP) is 3.99. The summed E-state index contributed by atoms with van der Waals surface area (Å²) < 4.78 is 0. The van der Waals surface area contributed by atoms with Crippen LogP contribution in [0.25, 0.3) is 22.2 Å². The lowest BCUT2D eigenvalue weighted by atomic mass is 10.1. The number of rotatable bonds is 5. The highest BCUT2D eigenvalue weighted by Crippen LogP contribution is 2.29. The number of pyridine rings is 2. The van der Waals surface area contributed by atoms with Crippen molar-refractivity contribution < 1.29 is 0 Å². The van der Waals surface area contributed by atoms with Gasteiger partial charge in [-0.3, -0.25) is 4.98 Å². The van der Waals surface area contributed by atoms with E-state index in [4.69, 9.17) is 0 Å². The van der Waals surface area contributed by atoms with E-state index in [1.807, 2.05) is 24.7 Å². The lowest BCUT2D eigenvalue weighted by molar-refractivity contribution is 0.313. The van der Waals surface area contributed by atoms with Gasteiger partial charge in [-0.15, -0.1) is 0 Å². The molecule has 3 aromatic heterocycles. The highest BCUT2D eigenvalue weighted by atomic mass is 15.2. The summed E-state index contributed by atoms with van der Waals surface area (Å²) in [7, 11) is 2.19. The van der Waals surface area contributed by atoms with Crippen LogP contribution in [0.4, 0.5) is 11.4 Å². The van der Waals surface area contributed by atoms with Gasteiger partial charge in [-0.05, 0) is 36.9 Å². The number of hydrogen-bond donors (Lipinski definition) is 2. The molecular weight excluding hydrogens is 372 g/mol. The zero-order valence-electron chi connectivity index (χ0n) is 17.2. The fourth-order valence-electron chi connectivity index (χ4n) is 3.95. The molecule has 0 saturated carbocycles. The first-order valence-corrected chi connectivity index (χ1v) is 10.4. The fraction of sp³-hybridized carbons (Fsp3) is 0.250. The number of aromatic amines is 1. The number of benzene rings is 1. The Morgan fingerprint density at radius 3 is 2.63 bits per heavy atom. The van der Waals surface area contributed by atoms with E-state index in [1.54, 1.807) is 6.20 Å². The van der Waals surface area contributed by atoms with Crippen molar-refractivity contribution >= 4 is 22.4 Å². The molecule has 152 valence electrons. The largest absolute Gasteiger partial charge is 0.380 e. The predicted molar refractivity (Wildman–Crippen MR) is 123 cm³/mol. The van der Waals surface area contributed by atoms with E-state index in [2.05, 4.69) is 73.5 Å². The molecule has 1 aromatic carbocycles. The Morgan fingerprint density at radius 1 is 1.03 bits per heavy atom. The molecule has 0 radical (unpaired) electrons. The Morgan fingerprint density at radius 2 is 1.87 bits per heavy atom. The van der Waals surface area contributed by atoms with E-state index >= 15 is 0 Å². The number of anilines is 2. The number of aromatic nitrogens is 3. The Balaban J connectivity index is 1.28. The van der Waals surface area contributed by atoms with Crippen molar-refractivity contribution in [3.8, 4) is 11.1 Å². The molecule has 30 heavy (non-hydrogen) atoms. The summed E-state index contributed by atoms with van der Waals surface area (Å²) >= 11 is 0. The summed E-state index contributed by atoms with van der Waals surface area (Å²) in [6.45, 7) is 5.20. The normalized spacial score (nSPS) is 14.9. The summed E-state index contributed by atoms with van der Waals surface area (Å²) in [5, 5.41) is 4.61. The maximum Gasteiger partial charge on any atom is 0.138 e. The van der Waals surface area contributed by atoms with Gasteiger partial charge < -0.3 is 20.1 Å². The van der Waals surface area contributed by atoms with Crippen LogP contribution in [-0.2, 0) is 6.54 Å². The van der Waals surface area contributed by atoms with Crippen LogP contribution in [-0.4, -0.2) is 53.1 Å². The lowest BCUT2D eigenvalue weighted by Gasteiger charge is -2.34. The van der Waals surface area contributed by atoms with Crippen molar-refractivity contribution in [2.75, 3.05) is 43.4 Å². The number of H-pyrrole nitrogens is 1. The summed E-state index contributed by atoms with van der Waals surface area (Å²) in [5.74, 6) is 0. The molecule has 4 aromatic rings. The van der Waals surface area contributed by atoms with Crippen molar-refractivity contribution in [1.29, 1.82) is 0 Å². The van der Waals surface area contributed by atoms with Crippen LogP contribution in [0.3, 0.4) is 0 Å². The SMILES string of the molecule is CN1CCN(c2ccc(CNc3cnc4[nH]cc(-c5cccnc5)c4c3)cc2)CC1. The van der Waals surface area contributed by atoms with Crippen molar-refractivity contribution in [1.82, 2.24) is 19.9 Å². The van der Waals surface area contributed by atoms with Gasteiger partial charge in [0.2, 0.25) is 0 Å². The zero-order chi connectivity index (χ0) is 20.3. The molecule has 6 nitrogen and oxygen atoms in total. The molecule has 0 spiro atoms. The first kappa shape index (κ1) is 18.6. The topological polar surface area (TPSA) is 60.1 Å². The minimum Gasteiger partial charge on any atom is -0.380 e. The van der Waals surface area contributed by atoms with Crippen LogP contribution >= 0.6 is 0 Å². The molecule has 4 heterocycles. The molecule has 0 amide bonds. The third kappa shape index (κ3) is 3.86. The minimum absolute atomic E-state index is 0.767. The first-order valence-electron chi connectivity index (χ1n) is 10.4. The maximum atomic E-state index is 4.57. The zero-order valence-corrected chi connectivity index (χ0v) is 17.2. The molecular formula is C24H26N6. The molecule has 1 saturated heterocycles. The second-order valence-corrected chi connectivity index (χ2v) is 7.87. The minimum atomic E-state index is 0.767. The van der Waals surface area contributed by atoms with Crippen LogP contribution in [0.5, 0.6) is 0 Å². The van der Waals surface area contributed by atoms with Crippen molar-refractivity contribution in [3.05, 3.63) is 72.8 Å². The van der Waals surface area contributed by atoms with Crippen LogP contribution in [0.15, 0.2) is 67.3 Å². The highest BCUT2D eigenvalue weighted by Gasteiger charge is 2.14. The number of hydrogen-bond acceptors (Lipinski definition) is 5. The third-order valence-electron chi connectivity index (χ3n) is 5.81. The van der Waals surface area contributed by atoms with Crippen LogP contribution in [0, 0.1) is 0 Å². The molecule has 0 unspecified atom stereocenters. The quantitative estimate of drug-likeness (QED) is 0.532. The number of nitrogens with zero attached hydrogens (tertiary/aromatic N) is 4. The van der Waals surface area contributed by atoms with E-state index in [1.165, 1.54) is 11.3 Å². The van der Waals surface area contributed by atoms with Gasteiger partial charge in [-0.1, -0.05) is 18.2 Å². The van der Waals surface area contributed by atoms with E-state index in [0.717, 1.165) is 60.6 Å². The second kappa shape index (κ2) is 8.16. The Labute approximate surface area is 176 Å². The molecule has 0 aliphatic carbocycles. The van der Waals surface area contributed by atoms with E-state index in [0.29, 0.717) is 0 Å². The molecule has 5 rings (SSSR count). The van der Waals surface area contributed by atoms with Crippen molar-refractivity contribution in [2.24, 2.45) is 0 Å². The number of piperazine rings is 1. The molecule has 1 aliphatic heterocycles. The molecule has 1 aliphatic rings. The number of fused-ring (bicyclic) bond motifs is 1. The molecule has 0 atom stereocenters. The monoisotopic (exact) mass is 398 g/mol. The Hall–Kier alpha value is -3.38. The number of likely N-dealkylation sites (N-methyl/N-ethyl adjacent to an activating group) is 1. The molecule has 6 heteroatoms. The van der Waals surface area contributed by atoms with Gasteiger partial charge in [0.15, 0.2) is 0 Å². The van der Waals surface area contributed by atoms with E-state index in [-0.39, 0.29) is 0 Å². The molecule has 0 bridgehead atoms. The van der Waals surface area contributed by atoms with Gasteiger partial charge in [0.05, 0.1) is 11.9 Å². The summed E-state index contributed by atoms with van der Waals surface area (Å²) in [5.41, 5.74) is 6.66. The highest BCUT2D eigenvalue weighted by molar-refractivity contribution is 5.94. The fourth-order valence-corrected chi connectivity index (χ4v) is 3.95. The second-order valence-electron chi connectivity index (χ2n) is 7.87. The van der Waals surface area contributed by atoms with Crippen molar-refractivity contribution in [3.63, 3.8) is 0 Å². The average molecular weight is 399 g/mol. The Kier molecular flexibility index (Phi) is 5.07. The van der Waals surface area contributed by atoms with Gasteiger partial charge >= 0.3 is 0 Å². The lowest BCUT2D eigenvalue weighted by Crippen LogP contribution is -2.44. The van der Waals surface area contributed by atoms with Crippen LogP contribution < -0.4 is 10.2 Å². The van der Waals surface area contributed by atoms with Crippen LogP contribution in [0.1, 0.15) is 5.56 Å². The Bertz CT molecular complexity index is 1110. The smallest absolute Gasteiger partial charge is 0.138 e. The van der Waals surface area contributed by atoms with Gasteiger partial charge in [0, 0.05) is 73.5 Å². The summed E-state index contributed by atoms with van der Waals surface area (Å²) in [4.78, 5) is 16.9. The molecule has 1 fully saturated rings. The van der Waals surface area contributed by atoms with E-state index in [9.17, 15) is 0 Å². The van der Waals surface area contributed by atoms with E-state index < -0.39 is 0 Å². The summed E-state index contributed by atoms with van der Waals surface area (Å²) in [6.07, 6.45) is 7.54. The van der Waals surface area contributed by atoms with Gasteiger partial charge in [-0.2, -0.15) is 0 Å². The van der Waals surface area contributed by atoms with Crippen LogP contribution in [0.2, 0.25) is 0 Å². The van der Waals surface area contributed by atoms with Crippen molar-refractivity contribution in [2.45, 2.75) is 6.54 Å². The number of nitrogens with one attached hydrogen (secondary N) is 2. The van der Waals surface area contributed by atoms with Gasteiger partial charge in [-0.25, -0.2) is 4.98 Å². The average Bonchev–Trinajstić information content (AvgIpc) is 3.22. The standard InChI is InChI=1S/C24H26N6/c1-29-9-11-30(12-10-29)21-6-4-18(5-7-21)14-26-20-13-22-23(17-28-24(22)27-16-20)19-3-2-8-25-15-19/h2-8,13,15-17,26H,9-12,14H2,1H3,(H,27,28). The maximum absolute atomic E-state index is 4.57. The van der Waals surface area contributed by atoms with Gasteiger partial charge in [0.25, 0.3) is 0 Å². The first-order chi connectivity index (χ1) is 14.8. The van der Waals surface area contributed by atoms with Gasteiger partial charge in [0.1, 0.15) is 5.65 Å². The molecule has 2 N–H and O–H groups in total. The summed E-state index contributed by atoms with van der Waals surface area (Å²) in [6, 6.07) is 15.1. The third-order valence-corrected chi connectivity index (χ3v) is 5.81.